The second-order valence-electron chi connectivity index (χ2n) is 6.28. The molecule has 22 heavy (non-hydrogen) atoms. The molecule has 2 N–H and O–H groups in total. The third-order valence-corrected chi connectivity index (χ3v) is 4.77. The Balaban J connectivity index is 2.09. The maximum absolute atomic E-state index is 13.4. The van der Waals surface area contributed by atoms with E-state index in [1.165, 1.54) is 12.1 Å². The third-order valence-electron chi connectivity index (χ3n) is 4.77. The lowest BCUT2D eigenvalue weighted by atomic mass is 9.72. The number of piperidine rings is 1. The quantitative estimate of drug-likeness (QED) is 0.877. The van der Waals surface area contributed by atoms with E-state index >= 15 is 0 Å². The van der Waals surface area contributed by atoms with Gasteiger partial charge in [-0.1, -0.05) is 19.4 Å². The number of aliphatic carboxylic acids is 1. The minimum atomic E-state index is -1.04. The highest BCUT2D eigenvalue weighted by atomic mass is 19.1. The van der Waals surface area contributed by atoms with E-state index in [-0.39, 0.29) is 5.82 Å². The molecule has 1 aliphatic heterocycles. The van der Waals surface area contributed by atoms with Crippen LogP contribution in [0.5, 0.6) is 0 Å². The van der Waals surface area contributed by atoms with Crippen LogP contribution in [0.4, 0.5) is 4.39 Å². The number of carboxylic acid groups (broad SMARTS) is 1. The molecule has 122 valence electrons. The standard InChI is InChI=1S/C17H24FNO3/c1-3-6-17(16(21)22)7-8-19(11-15(17)20)10-13-9-14(18)5-4-12(13)2/h4-5,9,15,20H,3,6-8,10-11H2,1-2H3,(H,21,22)/t15-,17-/m0/s1. The van der Waals surface area contributed by atoms with Gasteiger partial charge < -0.3 is 10.2 Å². The lowest BCUT2D eigenvalue weighted by molar-refractivity contribution is -0.164. The summed E-state index contributed by atoms with van der Waals surface area (Å²) in [6.07, 6.45) is 0.738. The molecular weight excluding hydrogens is 285 g/mol. The number of halogens is 1. The molecule has 1 heterocycles. The van der Waals surface area contributed by atoms with Gasteiger partial charge >= 0.3 is 5.97 Å². The van der Waals surface area contributed by atoms with Crippen LogP contribution in [0.3, 0.4) is 0 Å². The van der Waals surface area contributed by atoms with Crippen molar-refractivity contribution in [2.45, 2.75) is 45.8 Å². The Morgan fingerprint density at radius 1 is 1.50 bits per heavy atom. The van der Waals surface area contributed by atoms with Gasteiger partial charge in [0.2, 0.25) is 0 Å². The highest BCUT2D eigenvalue weighted by Crippen LogP contribution is 2.37. The Bertz CT molecular complexity index is 549. The van der Waals surface area contributed by atoms with E-state index in [1.54, 1.807) is 6.07 Å². The first-order valence-corrected chi connectivity index (χ1v) is 7.78. The monoisotopic (exact) mass is 309 g/mol. The van der Waals surface area contributed by atoms with Crippen molar-refractivity contribution in [1.29, 1.82) is 0 Å². The molecule has 1 aliphatic rings. The van der Waals surface area contributed by atoms with Crippen molar-refractivity contribution >= 4 is 5.97 Å². The third kappa shape index (κ3) is 3.31. The number of rotatable bonds is 5. The van der Waals surface area contributed by atoms with Gasteiger partial charge in [-0.2, -0.15) is 0 Å². The molecule has 5 heteroatoms. The predicted molar refractivity (Wildman–Crippen MR) is 82.0 cm³/mol. The summed E-state index contributed by atoms with van der Waals surface area (Å²) in [5, 5.41) is 19.9. The number of hydrogen-bond donors (Lipinski definition) is 2. The van der Waals surface area contributed by atoms with Crippen LogP contribution in [0.15, 0.2) is 18.2 Å². The predicted octanol–water partition coefficient (Wildman–Crippen LogP) is 2.57. The molecule has 0 bridgehead atoms. The van der Waals surface area contributed by atoms with E-state index in [2.05, 4.69) is 0 Å². The Kier molecular flexibility index (Phi) is 5.19. The summed E-state index contributed by atoms with van der Waals surface area (Å²) in [6.45, 7) is 5.29. The van der Waals surface area contributed by atoms with Crippen LogP contribution in [0, 0.1) is 18.2 Å². The van der Waals surface area contributed by atoms with Crippen molar-refractivity contribution in [3.05, 3.63) is 35.1 Å². The smallest absolute Gasteiger partial charge is 0.312 e. The molecule has 1 aromatic carbocycles. The molecule has 0 aliphatic carbocycles. The average molecular weight is 309 g/mol. The zero-order chi connectivity index (χ0) is 16.3. The Labute approximate surface area is 130 Å². The van der Waals surface area contributed by atoms with E-state index in [0.29, 0.717) is 32.5 Å². The summed E-state index contributed by atoms with van der Waals surface area (Å²) in [6, 6.07) is 4.68. The molecule has 0 radical (unpaired) electrons. The molecule has 2 rings (SSSR count). The van der Waals surface area contributed by atoms with Gasteiger partial charge in [0.1, 0.15) is 5.82 Å². The van der Waals surface area contributed by atoms with Crippen LogP contribution >= 0.6 is 0 Å². The van der Waals surface area contributed by atoms with E-state index in [0.717, 1.165) is 17.5 Å². The second kappa shape index (κ2) is 6.75. The van der Waals surface area contributed by atoms with E-state index < -0.39 is 17.5 Å². The number of aliphatic hydroxyl groups is 1. The Hall–Kier alpha value is -1.46. The number of hydrogen-bond acceptors (Lipinski definition) is 3. The highest BCUT2D eigenvalue weighted by Gasteiger charge is 2.47. The van der Waals surface area contributed by atoms with Gasteiger partial charge in [0.05, 0.1) is 11.5 Å². The molecule has 0 amide bonds. The fraction of sp³-hybridized carbons (Fsp3) is 0.588. The van der Waals surface area contributed by atoms with Crippen LogP contribution in [-0.2, 0) is 11.3 Å². The van der Waals surface area contributed by atoms with Crippen LogP contribution in [0.2, 0.25) is 0 Å². The molecule has 4 nitrogen and oxygen atoms in total. The van der Waals surface area contributed by atoms with Crippen molar-refractivity contribution in [3.63, 3.8) is 0 Å². The number of carboxylic acids is 1. The molecule has 2 atom stereocenters. The number of benzene rings is 1. The first-order valence-electron chi connectivity index (χ1n) is 7.78. The molecule has 0 unspecified atom stereocenters. The first-order chi connectivity index (χ1) is 10.4. The van der Waals surface area contributed by atoms with E-state index in [1.807, 2.05) is 18.7 Å². The van der Waals surface area contributed by atoms with Gasteiger partial charge in [-0.05, 0) is 49.6 Å². The molecule has 1 saturated heterocycles. The summed E-state index contributed by atoms with van der Waals surface area (Å²) < 4.78 is 13.4. The molecular formula is C17H24FNO3. The Morgan fingerprint density at radius 3 is 2.82 bits per heavy atom. The van der Waals surface area contributed by atoms with E-state index in [4.69, 9.17) is 0 Å². The van der Waals surface area contributed by atoms with Gasteiger partial charge in [-0.15, -0.1) is 0 Å². The normalized spacial score (nSPS) is 26.1. The summed E-state index contributed by atoms with van der Waals surface area (Å²) in [7, 11) is 0. The number of nitrogens with zero attached hydrogens (tertiary/aromatic N) is 1. The van der Waals surface area contributed by atoms with Crippen molar-refractivity contribution in [1.82, 2.24) is 4.90 Å². The zero-order valence-electron chi connectivity index (χ0n) is 13.2. The van der Waals surface area contributed by atoms with Crippen LogP contribution in [0.1, 0.15) is 37.3 Å². The van der Waals surface area contributed by atoms with Gasteiger partial charge in [0, 0.05) is 13.1 Å². The van der Waals surface area contributed by atoms with Crippen molar-refractivity contribution in [3.8, 4) is 0 Å². The summed E-state index contributed by atoms with van der Waals surface area (Å²) in [5.74, 6) is -1.19. The fourth-order valence-corrected chi connectivity index (χ4v) is 3.32. The largest absolute Gasteiger partial charge is 0.481 e. The van der Waals surface area contributed by atoms with Gasteiger partial charge in [-0.3, -0.25) is 9.69 Å². The van der Waals surface area contributed by atoms with Crippen molar-refractivity contribution in [2.75, 3.05) is 13.1 Å². The van der Waals surface area contributed by atoms with Crippen LogP contribution in [-0.4, -0.2) is 40.3 Å². The number of aryl methyl sites for hydroxylation is 1. The maximum Gasteiger partial charge on any atom is 0.312 e. The highest BCUT2D eigenvalue weighted by molar-refractivity contribution is 5.75. The number of carbonyl (C=O) groups is 1. The average Bonchev–Trinajstić information content (AvgIpc) is 2.46. The minimum absolute atomic E-state index is 0.274. The molecule has 1 aromatic rings. The van der Waals surface area contributed by atoms with Crippen LogP contribution in [0.25, 0.3) is 0 Å². The van der Waals surface area contributed by atoms with Crippen molar-refractivity contribution < 1.29 is 19.4 Å². The van der Waals surface area contributed by atoms with Crippen molar-refractivity contribution in [2.24, 2.45) is 5.41 Å². The molecule has 0 aromatic heterocycles. The second-order valence-corrected chi connectivity index (χ2v) is 6.28. The lowest BCUT2D eigenvalue weighted by Gasteiger charge is -2.43. The fourth-order valence-electron chi connectivity index (χ4n) is 3.32. The molecule has 1 fully saturated rings. The van der Waals surface area contributed by atoms with E-state index in [9.17, 15) is 19.4 Å². The number of β-amino-alcohol motifs (C(OH)–C–C–N with tert-alkyl or cyclic N) is 1. The van der Waals surface area contributed by atoms with Gasteiger partial charge in [-0.25, -0.2) is 4.39 Å². The Morgan fingerprint density at radius 2 is 2.23 bits per heavy atom. The SMILES string of the molecule is CCC[C@]1(C(=O)O)CCN(Cc2cc(F)ccc2C)C[C@@H]1O. The summed E-state index contributed by atoms with van der Waals surface area (Å²) >= 11 is 0. The molecule has 0 spiro atoms. The summed E-state index contributed by atoms with van der Waals surface area (Å²) in [5.41, 5.74) is 0.840. The maximum atomic E-state index is 13.4. The van der Waals surface area contributed by atoms with Crippen LogP contribution < -0.4 is 0 Å². The lowest BCUT2D eigenvalue weighted by Crippen LogP contribution is -2.54. The first kappa shape index (κ1) is 16.9. The summed E-state index contributed by atoms with van der Waals surface area (Å²) in [4.78, 5) is 13.6. The number of likely N-dealkylation sites (tertiary alicyclic amines) is 1. The number of aliphatic hydroxyl groups excluding tert-OH is 1. The van der Waals surface area contributed by atoms with Gasteiger partial charge in [0.15, 0.2) is 0 Å². The van der Waals surface area contributed by atoms with Gasteiger partial charge in [0.25, 0.3) is 0 Å². The minimum Gasteiger partial charge on any atom is -0.481 e. The topological polar surface area (TPSA) is 60.8 Å². The zero-order valence-corrected chi connectivity index (χ0v) is 13.2. The molecule has 0 saturated carbocycles.